The van der Waals surface area contributed by atoms with Gasteiger partial charge in [0.25, 0.3) is 0 Å². The SMILES string of the molecule is CCCCC(CC)CO[PH](=O)O. The lowest BCUT2D eigenvalue weighted by Crippen LogP contribution is -2.05. The van der Waals surface area contributed by atoms with E-state index in [4.69, 9.17) is 9.42 Å². The van der Waals surface area contributed by atoms with E-state index in [2.05, 4.69) is 13.8 Å². The summed E-state index contributed by atoms with van der Waals surface area (Å²) in [6.45, 7) is 4.66. The van der Waals surface area contributed by atoms with E-state index in [1.807, 2.05) is 0 Å². The fourth-order valence-corrected chi connectivity index (χ4v) is 1.47. The van der Waals surface area contributed by atoms with Crippen LogP contribution in [0.3, 0.4) is 0 Å². The van der Waals surface area contributed by atoms with E-state index in [9.17, 15) is 4.57 Å². The van der Waals surface area contributed by atoms with Gasteiger partial charge in [0.05, 0.1) is 6.61 Å². The molecule has 0 aromatic carbocycles. The minimum atomic E-state index is -2.71. The normalized spacial score (nSPS) is 15.9. The van der Waals surface area contributed by atoms with Crippen molar-refractivity contribution in [1.82, 2.24) is 0 Å². The molecule has 0 saturated heterocycles. The molecule has 0 rings (SSSR count). The van der Waals surface area contributed by atoms with Gasteiger partial charge in [-0.15, -0.1) is 0 Å². The Kier molecular flexibility index (Phi) is 7.88. The Morgan fingerprint density at radius 1 is 1.50 bits per heavy atom. The van der Waals surface area contributed by atoms with Crippen LogP contribution in [0.2, 0.25) is 0 Å². The summed E-state index contributed by atoms with van der Waals surface area (Å²) in [5.41, 5.74) is 0. The first-order valence-corrected chi connectivity index (χ1v) is 5.82. The van der Waals surface area contributed by atoms with Crippen LogP contribution in [-0.4, -0.2) is 11.5 Å². The van der Waals surface area contributed by atoms with Gasteiger partial charge in [-0.05, 0) is 12.3 Å². The largest absolute Gasteiger partial charge is 0.326 e. The minimum absolute atomic E-state index is 0.435. The second-order valence-electron chi connectivity index (χ2n) is 2.99. The van der Waals surface area contributed by atoms with Crippen molar-refractivity contribution in [1.29, 1.82) is 0 Å². The zero-order valence-corrected chi connectivity index (χ0v) is 8.88. The van der Waals surface area contributed by atoms with E-state index in [1.165, 1.54) is 12.8 Å². The van der Waals surface area contributed by atoms with Gasteiger partial charge < -0.3 is 9.42 Å². The second kappa shape index (κ2) is 7.78. The van der Waals surface area contributed by atoms with Gasteiger partial charge in [-0.25, -0.2) is 0 Å². The van der Waals surface area contributed by atoms with Crippen molar-refractivity contribution in [3.63, 3.8) is 0 Å². The fraction of sp³-hybridized carbons (Fsp3) is 1.00. The molecule has 1 N–H and O–H groups in total. The van der Waals surface area contributed by atoms with Gasteiger partial charge >= 0.3 is 8.25 Å². The molecule has 0 fully saturated rings. The molecular weight excluding hydrogens is 175 g/mol. The smallest absolute Gasteiger partial charge is 0.316 e. The quantitative estimate of drug-likeness (QED) is 0.633. The summed E-state index contributed by atoms with van der Waals surface area (Å²) in [5, 5.41) is 0. The van der Waals surface area contributed by atoms with Crippen LogP contribution in [0.5, 0.6) is 0 Å². The maximum atomic E-state index is 10.3. The Balaban J connectivity index is 3.45. The highest BCUT2D eigenvalue weighted by Crippen LogP contribution is 2.20. The molecule has 0 aromatic heterocycles. The van der Waals surface area contributed by atoms with Gasteiger partial charge in [-0.2, -0.15) is 0 Å². The van der Waals surface area contributed by atoms with E-state index < -0.39 is 8.25 Å². The highest BCUT2D eigenvalue weighted by molar-refractivity contribution is 7.32. The molecule has 2 unspecified atom stereocenters. The van der Waals surface area contributed by atoms with Gasteiger partial charge in [0.2, 0.25) is 0 Å². The molecule has 0 aliphatic rings. The molecule has 3 nitrogen and oxygen atoms in total. The third-order valence-corrected chi connectivity index (χ3v) is 2.40. The predicted octanol–water partition coefficient (Wildman–Crippen LogP) is 2.60. The van der Waals surface area contributed by atoms with Crippen LogP contribution in [0, 0.1) is 5.92 Å². The van der Waals surface area contributed by atoms with Gasteiger partial charge in [0.15, 0.2) is 0 Å². The van der Waals surface area contributed by atoms with E-state index in [0.29, 0.717) is 12.5 Å². The van der Waals surface area contributed by atoms with E-state index in [1.54, 1.807) is 0 Å². The molecule has 2 atom stereocenters. The zero-order chi connectivity index (χ0) is 9.40. The number of hydrogen-bond donors (Lipinski definition) is 1. The average molecular weight is 194 g/mol. The molecule has 0 amide bonds. The summed E-state index contributed by atoms with van der Waals surface area (Å²) in [4.78, 5) is 8.45. The molecule has 0 aliphatic carbocycles. The van der Waals surface area contributed by atoms with Crippen LogP contribution in [0.4, 0.5) is 0 Å². The summed E-state index contributed by atoms with van der Waals surface area (Å²) < 4.78 is 15.0. The fourth-order valence-electron chi connectivity index (χ4n) is 1.09. The summed E-state index contributed by atoms with van der Waals surface area (Å²) in [7, 11) is -2.71. The minimum Gasteiger partial charge on any atom is -0.326 e. The van der Waals surface area contributed by atoms with Crippen LogP contribution in [-0.2, 0) is 9.09 Å². The molecule has 74 valence electrons. The maximum Gasteiger partial charge on any atom is 0.316 e. The van der Waals surface area contributed by atoms with Crippen molar-refractivity contribution in [3.05, 3.63) is 0 Å². The highest BCUT2D eigenvalue weighted by Gasteiger charge is 2.06. The number of rotatable bonds is 7. The molecule has 0 bridgehead atoms. The second-order valence-corrected chi connectivity index (χ2v) is 3.81. The van der Waals surface area contributed by atoms with Crippen molar-refractivity contribution in [2.24, 2.45) is 5.92 Å². The number of hydrogen-bond acceptors (Lipinski definition) is 2. The molecule has 0 heterocycles. The van der Waals surface area contributed by atoms with Gasteiger partial charge in [0.1, 0.15) is 0 Å². The summed E-state index contributed by atoms with van der Waals surface area (Å²) in [5.74, 6) is 0.450. The van der Waals surface area contributed by atoms with Gasteiger partial charge in [-0.3, -0.25) is 4.57 Å². The Morgan fingerprint density at radius 3 is 2.58 bits per heavy atom. The van der Waals surface area contributed by atoms with Gasteiger partial charge in [0, 0.05) is 0 Å². The van der Waals surface area contributed by atoms with Crippen molar-refractivity contribution < 1.29 is 14.0 Å². The van der Waals surface area contributed by atoms with Crippen LogP contribution < -0.4 is 0 Å². The van der Waals surface area contributed by atoms with Gasteiger partial charge in [-0.1, -0.05) is 33.1 Å². The lowest BCUT2D eigenvalue weighted by Gasteiger charge is -2.12. The van der Waals surface area contributed by atoms with Crippen molar-refractivity contribution >= 4 is 8.25 Å². The lowest BCUT2D eigenvalue weighted by atomic mass is 10.0. The first-order chi connectivity index (χ1) is 5.70. The molecule has 0 spiro atoms. The Morgan fingerprint density at radius 2 is 2.17 bits per heavy atom. The molecular formula is C8H19O3P. The third kappa shape index (κ3) is 6.84. The van der Waals surface area contributed by atoms with E-state index in [0.717, 1.165) is 12.8 Å². The van der Waals surface area contributed by atoms with Crippen LogP contribution in [0.25, 0.3) is 0 Å². The summed E-state index contributed by atoms with van der Waals surface area (Å²) in [6, 6.07) is 0. The Labute approximate surface area is 75.1 Å². The molecule has 0 saturated carbocycles. The monoisotopic (exact) mass is 194 g/mol. The van der Waals surface area contributed by atoms with Crippen molar-refractivity contribution in [2.75, 3.05) is 6.61 Å². The molecule has 4 heteroatoms. The van der Waals surface area contributed by atoms with Crippen LogP contribution in [0.15, 0.2) is 0 Å². The first-order valence-electron chi connectivity index (χ1n) is 4.56. The van der Waals surface area contributed by atoms with Crippen molar-refractivity contribution in [3.8, 4) is 0 Å². The van der Waals surface area contributed by atoms with Crippen LogP contribution in [0.1, 0.15) is 39.5 Å². The molecule has 12 heavy (non-hydrogen) atoms. The Bertz CT molecular complexity index is 127. The maximum absolute atomic E-state index is 10.3. The summed E-state index contributed by atoms with van der Waals surface area (Å²) in [6.07, 6.45) is 4.47. The van der Waals surface area contributed by atoms with E-state index >= 15 is 0 Å². The average Bonchev–Trinajstić information content (AvgIpc) is 2.05. The lowest BCUT2D eigenvalue weighted by molar-refractivity contribution is 0.218. The number of unbranched alkanes of at least 4 members (excludes halogenated alkanes) is 1. The highest BCUT2D eigenvalue weighted by atomic mass is 31.1. The molecule has 0 radical (unpaired) electrons. The predicted molar refractivity (Wildman–Crippen MR) is 50.5 cm³/mol. The topological polar surface area (TPSA) is 46.5 Å². The Hall–Kier alpha value is 0.150. The van der Waals surface area contributed by atoms with Crippen molar-refractivity contribution in [2.45, 2.75) is 39.5 Å². The third-order valence-electron chi connectivity index (χ3n) is 1.99. The van der Waals surface area contributed by atoms with E-state index in [-0.39, 0.29) is 0 Å². The molecule has 0 aromatic rings. The summed E-state index contributed by atoms with van der Waals surface area (Å²) >= 11 is 0. The first kappa shape index (κ1) is 12.2. The van der Waals surface area contributed by atoms with Crippen LogP contribution >= 0.6 is 8.25 Å². The standard InChI is InChI=1S/C8H19O3P/c1-3-5-6-8(4-2)7-11-12(9)10/h8,12H,3-7H2,1-2H3,(H,9,10). The zero-order valence-electron chi connectivity index (χ0n) is 7.88. The molecule has 0 aliphatic heterocycles.